The van der Waals surface area contributed by atoms with Crippen LogP contribution >= 0.6 is 23.8 Å². The molecule has 2 N–H and O–H groups in total. The van der Waals surface area contributed by atoms with Gasteiger partial charge in [0.15, 0.2) is 16.6 Å². The third-order valence-corrected chi connectivity index (χ3v) is 3.72. The normalized spacial score (nSPS) is 12.4. The minimum Gasteiger partial charge on any atom is -0.454 e. The maximum absolute atomic E-state index is 6.16. The van der Waals surface area contributed by atoms with E-state index in [1.807, 2.05) is 30.3 Å². The quantitative estimate of drug-likeness (QED) is 0.506. The number of rotatable bonds is 4. The van der Waals surface area contributed by atoms with Gasteiger partial charge in [-0.05, 0) is 23.8 Å². The summed E-state index contributed by atoms with van der Waals surface area (Å²) in [6.45, 7) is 0.838. The fourth-order valence-corrected chi connectivity index (χ4v) is 2.34. The number of thiocarbonyl (C=S) groups is 1. The lowest BCUT2D eigenvalue weighted by Gasteiger charge is -2.07. The number of fused-ring (bicyclic) bond motifs is 1. The van der Waals surface area contributed by atoms with Crippen LogP contribution in [0.2, 0.25) is 5.02 Å². The molecule has 1 heterocycles. The SMILES string of the molecule is S=C(NCc1ccccc1)N/N=C/c1cc2c(cc1Cl)OCO2. The first-order chi connectivity index (χ1) is 11.2. The molecule has 0 saturated carbocycles. The molecule has 23 heavy (non-hydrogen) atoms. The summed E-state index contributed by atoms with van der Waals surface area (Å²) in [5, 5.41) is 8.11. The van der Waals surface area contributed by atoms with Crippen LogP contribution in [0, 0.1) is 0 Å². The number of nitrogens with zero attached hydrogens (tertiary/aromatic N) is 1. The van der Waals surface area contributed by atoms with E-state index < -0.39 is 0 Å². The zero-order chi connectivity index (χ0) is 16.1. The first kappa shape index (κ1) is 15.6. The van der Waals surface area contributed by atoms with Crippen molar-refractivity contribution in [2.75, 3.05) is 6.79 Å². The maximum atomic E-state index is 6.16. The van der Waals surface area contributed by atoms with Crippen LogP contribution < -0.4 is 20.2 Å². The summed E-state index contributed by atoms with van der Waals surface area (Å²) in [6, 6.07) is 13.4. The van der Waals surface area contributed by atoms with Gasteiger partial charge in [0, 0.05) is 18.2 Å². The molecule has 7 heteroatoms. The zero-order valence-electron chi connectivity index (χ0n) is 12.1. The van der Waals surface area contributed by atoms with Crippen LogP contribution in [0.3, 0.4) is 0 Å². The first-order valence-electron chi connectivity index (χ1n) is 6.92. The summed E-state index contributed by atoms with van der Waals surface area (Å²) >= 11 is 11.3. The van der Waals surface area contributed by atoms with Crippen molar-refractivity contribution in [2.45, 2.75) is 6.54 Å². The van der Waals surface area contributed by atoms with Crippen molar-refractivity contribution in [3.05, 3.63) is 58.6 Å². The number of halogens is 1. The average Bonchev–Trinajstić information content (AvgIpc) is 3.01. The lowest BCUT2D eigenvalue weighted by molar-refractivity contribution is 0.174. The Morgan fingerprint density at radius 1 is 1.22 bits per heavy atom. The lowest BCUT2D eigenvalue weighted by atomic mass is 10.2. The van der Waals surface area contributed by atoms with E-state index in [0.717, 1.165) is 5.56 Å². The topological polar surface area (TPSA) is 54.9 Å². The minimum atomic E-state index is 0.206. The second-order valence-corrected chi connectivity index (χ2v) is 5.58. The number of hydrazone groups is 1. The van der Waals surface area contributed by atoms with Crippen LogP contribution in [-0.2, 0) is 6.54 Å². The van der Waals surface area contributed by atoms with Gasteiger partial charge in [0.25, 0.3) is 0 Å². The van der Waals surface area contributed by atoms with E-state index >= 15 is 0 Å². The molecule has 118 valence electrons. The summed E-state index contributed by atoms with van der Waals surface area (Å²) in [5.41, 5.74) is 4.61. The maximum Gasteiger partial charge on any atom is 0.231 e. The monoisotopic (exact) mass is 347 g/mol. The van der Waals surface area contributed by atoms with Crippen molar-refractivity contribution in [3.63, 3.8) is 0 Å². The number of hydrogen-bond acceptors (Lipinski definition) is 4. The van der Waals surface area contributed by atoms with E-state index in [9.17, 15) is 0 Å². The van der Waals surface area contributed by atoms with Gasteiger partial charge in [-0.15, -0.1) is 0 Å². The molecule has 5 nitrogen and oxygen atoms in total. The summed E-state index contributed by atoms with van der Waals surface area (Å²) in [6.07, 6.45) is 1.58. The van der Waals surface area contributed by atoms with Gasteiger partial charge >= 0.3 is 0 Å². The van der Waals surface area contributed by atoms with E-state index in [-0.39, 0.29) is 6.79 Å². The average molecular weight is 348 g/mol. The molecule has 3 rings (SSSR count). The first-order valence-corrected chi connectivity index (χ1v) is 7.71. The molecule has 0 fully saturated rings. The molecule has 2 aromatic rings. The zero-order valence-corrected chi connectivity index (χ0v) is 13.7. The van der Waals surface area contributed by atoms with Crippen molar-refractivity contribution in [1.29, 1.82) is 0 Å². The number of benzene rings is 2. The van der Waals surface area contributed by atoms with Crippen LogP contribution in [0.1, 0.15) is 11.1 Å². The second-order valence-electron chi connectivity index (χ2n) is 4.77. The molecule has 0 aliphatic carbocycles. The van der Waals surface area contributed by atoms with Gasteiger partial charge in [0.05, 0.1) is 11.2 Å². The Balaban J connectivity index is 1.53. The van der Waals surface area contributed by atoms with Gasteiger partial charge in [0.1, 0.15) is 0 Å². The largest absolute Gasteiger partial charge is 0.454 e. The van der Waals surface area contributed by atoms with Crippen LogP contribution in [0.5, 0.6) is 11.5 Å². The van der Waals surface area contributed by atoms with Gasteiger partial charge in [-0.3, -0.25) is 5.43 Å². The highest BCUT2D eigenvalue weighted by Crippen LogP contribution is 2.36. The predicted molar refractivity (Wildman–Crippen MR) is 94.2 cm³/mol. The second kappa shape index (κ2) is 7.30. The Hall–Kier alpha value is -2.31. The van der Waals surface area contributed by atoms with Gasteiger partial charge < -0.3 is 14.8 Å². The van der Waals surface area contributed by atoms with Crippen LogP contribution in [-0.4, -0.2) is 18.1 Å². The Morgan fingerprint density at radius 3 is 2.74 bits per heavy atom. The van der Waals surface area contributed by atoms with E-state index in [0.29, 0.717) is 33.7 Å². The minimum absolute atomic E-state index is 0.206. The standard InChI is InChI=1S/C16H14ClN3O2S/c17-13-7-15-14(21-10-22-15)6-12(13)9-19-20-16(23)18-8-11-4-2-1-3-5-11/h1-7,9H,8,10H2,(H2,18,20,23)/b19-9+. The molecule has 1 aliphatic heterocycles. The molecule has 0 bridgehead atoms. The van der Waals surface area contributed by atoms with E-state index in [4.69, 9.17) is 33.3 Å². The molecule has 0 aromatic heterocycles. The Morgan fingerprint density at radius 2 is 1.96 bits per heavy atom. The van der Waals surface area contributed by atoms with Crippen LogP contribution in [0.25, 0.3) is 0 Å². The van der Waals surface area contributed by atoms with Gasteiger partial charge in [-0.1, -0.05) is 41.9 Å². The highest BCUT2D eigenvalue weighted by molar-refractivity contribution is 7.80. The molecule has 0 atom stereocenters. The number of nitrogens with one attached hydrogen (secondary N) is 2. The van der Waals surface area contributed by atoms with Crippen molar-refractivity contribution < 1.29 is 9.47 Å². The smallest absolute Gasteiger partial charge is 0.231 e. The Labute approximate surface area is 144 Å². The van der Waals surface area contributed by atoms with Crippen LogP contribution in [0.15, 0.2) is 47.6 Å². The van der Waals surface area contributed by atoms with Gasteiger partial charge in [-0.2, -0.15) is 5.10 Å². The molecular weight excluding hydrogens is 334 g/mol. The van der Waals surface area contributed by atoms with E-state index in [2.05, 4.69) is 15.8 Å². The highest BCUT2D eigenvalue weighted by atomic mass is 35.5. The summed E-state index contributed by atoms with van der Waals surface area (Å²) < 4.78 is 10.6. The lowest BCUT2D eigenvalue weighted by Crippen LogP contribution is -2.31. The predicted octanol–water partition coefficient (Wildman–Crippen LogP) is 3.07. The third kappa shape index (κ3) is 4.12. The van der Waals surface area contributed by atoms with Gasteiger partial charge in [0.2, 0.25) is 6.79 Å². The van der Waals surface area contributed by atoms with Gasteiger partial charge in [-0.25, -0.2) is 0 Å². The molecule has 2 aromatic carbocycles. The summed E-state index contributed by atoms with van der Waals surface area (Å²) in [7, 11) is 0. The van der Waals surface area contributed by atoms with Crippen molar-refractivity contribution in [2.24, 2.45) is 5.10 Å². The highest BCUT2D eigenvalue weighted by Gasteiger charge is 2.15. The van der Waals surface area contributed by atoms with E-state index in [1.54, 1.807) is 18.3 Å². The summed E-state index contributed by atoms with van der Waals surface area (Å²) in [5.74, 6) is 1.29. The van der Waals surface area contributed by atoms with Crippen molar-refractivity contribution in [1.82, 2.24) is 10.7 Å². The molecule has 0 amide bonds. The summed E-state index contributed by atoms with van der Waals surface area (Å²) in [4.78, 5) is 0. The fourth-order valence-electron chi connectivity index (χ4n) is 2.01. The van der Waals surface area contributed by atoms with Crippen molar-refractivity contribution in [3.8, 4) is 11.5 Å². The molecule has 0 unspecified atom stereocenters. The van der Waals surface area contributed by atoms with E-state index in [1.165, 1.54) is 0 Å². The molecule has 0 saturated heterocycles. The van der Waals surface area contributed by atoms with Crippen LogP contribution in [0.4, 0.5) is 0 Å². The number of hydrogen-bond donors (Lipinski definition) is 2. The molecule has 1 aliphatic rings. The Kier molecular flexibility index (Phi) is 4.95. The third-order valence-electron chi connectivity index (χ3n) is 3.16. The van der Waals surface area contributed by atoms with Crippen molar-refractivity contribution >= 4 is 35.1 Å². The Bertz CT molecular complexity index is 738. The fraction of sp³-hybridized carbons (Fsp3) is 0.125. The molecular formula is C16H14ClN3O2S. The number of ether oxygens (including phenoxy) is 2. The molecule has 0 radical (unpaired) electrons. The molecule has 0 spiro atoms.